The number of nitrogens with one attached hydrogen (secondary N) is 1. The zero-order chi connectivity index (χ0) is 25.4. The van der Waals surface area contributed by atoms with Gasteiger partial charge in [0, 0.05) is 45.6 Å². The quantitative estimate of drug-likeness (QED) is 0.379. The summed E-state index contributed by atoms with van der Waals surface area (Å²) in [7, 11) is -3.96. The lowest BCUT2D eigenvalue weighted by Crippen LogP contribution is -2.22. The van der Waals surface area contributed by atoms with Gasteiger partial charge in [-0.1, -0.05) is 0 Å². The number of aromatic nitrogens is 2. The second kappa shape index (κ2) is 10.4. The van der Waals surface area contributed by atoms with Crippen LogP contribution in [-0.4, -0.2) is 42.7 Å². The summed E-state index contributed by atoms with van der Waals surface area (Å²) in [5, 5.41) is 20.0. The molecule has 5 rings (SSSR count). The molecule has 1 saturated carbocycles. The van der Waals surface area contributed by atoms with E-state index in [-0.39, 0.29) is 24.7 Å². The lowest BCUT2D eigenvalue weighted by atomic mass is 9.98. The Morgan fingerprint density at radius 2 is 2.19 bits per heavy atom. The van der Waals surface area contributed by atoms with Gasteiger partial charge in [-0.15, -0.1) is 11.3 Å². The van der Waals surface area contributed by atoms with Crippen molar-refractivity contribution in [3.63, 3.8) is 0 Å². The van der Waals surface area contributed by atoms with Crippen LogP contribution in [0.3, 0.4) is 0 Å². The molecule has 0 radical (unpaired) electrons. The van der Waals surface area contributed by atoms with Crippen LogP contribution in [0.1, 0.15) is 63.7 Å². The van der Waals surface area contributed by atoms with Gasteiger partial charge in [-0.3, -0.25) is 4.18 Å². The second-order valence-corrected chi connectivity index (χ2v) is 12.0. The monoisotopic (exact) mass is 554 g/mol. The SMILES string of the molecule is Cc1sc(C(O)c2cncnc2NC2CC[C@@H](COS(N)(=O)=O)C2)cc1C1OCCc2oc(Cl)cc21. The summed E-state index contributed by atoms with van der Waals surface area (Å²) in [5.41, 5.74) is 2.44. The summed E-state index contributed by atoms with van der Waals surface area (Å²) < 4.78 is 38.6. The number of rotatable bonds is 8. The minimum atomic E-state index is -3.96. The van der Waals surface area contributed by atoms with Crippen LogP contribution in [0.25, 0.3) is 0 Å². The van der Waals surface area contributed by atoms with Gasteiger partial charge in [-0.25, -0.2) is 15.1 Å². The van der Waals surface area contributed by atoms with Crippen molar-refractivity contribution in [1.82, 2.24) is 9.97 Å². The number of aryl methyl sites for hydroxylation is 1. The number of hydrogen-bond acceptors (Lipinski definition) is 10. The van der Waals surface area contributed by atoms with Gasteiger partial charge in [0.15, 0.2) is 5.22 Å². The van der Waals surface area contributed by atoms with Crippen molar-refractivity contribution in [3.8, 4) is 0 Å². The van der Waals surface area contributed by atoms with Gasteiger partial charge >= 0.3 is 10.3 Å². The molecule has 10 nitrogen and oxygen atoms in total. The first-order valence-corrected chi connectivity index (χ1v) is 14.3. The summed E-state index contributed by atoms with van der Waals surface area (Å²) in [5.74, 6) is 1.44. The minimum absolute atomic E-state index is 0.0559. The third kappa shape index (κ3) is 5.59. The van der Waals surface area contributed by atoms with Crippen LogP contribution in [0.5, 0.6) is 0 Å². The Labute approximate surface area is 218 Å². The summed E-state index contributed by atoms with van der Waals surface area (Å²) in [4.78, 5) is 10.3. The summed E-state index contributed by atoms with van der Waals surface area (Å²) >= 11 is 7.58. The average molecular weight is 555 g/mol. The second-order valence-electron chi connectivity index (χ2n) is 9.12. The van der Waals surface area contributed by atoms with E-state index in [1.807, 2.05) is 13.0 Å². The first-order valence-electron chi connectivity index (χ1n) is 11.6. The van der Waals surface area contributed by atoms with Crippen LogP contribution in [0.15, 0.2) is 29.1 Å². The molecule has 0 spiro atoms. The summed E-state index contributed by atoms with van der Waals surface area (Å²) in [6.07, 6.45) is 4.78. The number of fused-ring (bicyclic) bond motifs is 1. The number of nitrogens with two attached hydrogens (primary N) is 1. The van der Waals surface area contributed by atoms with Crippen molar-refractivity contribution >= 4 is 39.1 Å². The Bertz CT molecular complexity index is 1340. The molecule has 0 saturated heterocycles. The van der Waals surface area contributed by atoms with Crippen LogP contribution >= 0.6 is 22.9 Å². The van der Waals surface area contributed by atoms with E-state index in [1.165, 1.54) is 17.7 Å². The molecule has 4 heterocycles. The topological polar surface area (TPSA) is 150 Å². The van der Waals surface area contributed by atoms with Gasteiger partial charge in [0.2, 0.25) is 0 Å². The summed E-state index contributed by atoms with van der Waals surface area (Å²) in [6.45, 7) is 2.58. The molecule has 1 fully saturated rings. The predicted octanol–water partition coefficient (Wildman–Crippen LogP) is 3.64. The molecule has 4 atom stereocenters. The third-order valence-corrected chi connectivity index (χ3v) is 8.39. The standard InChI is InChI=1S/C23H27ClN4O6S2/c1-12-15(22-16-8-20(24)34-18(16)4-5-32-22)7-19(35-12)21(29)17-9-26-11-27-23(17)28-14-3-2-13(6-14)10-33-36(25,30)31/h7-9,11,13-14,21-22,29H,2-6,10H2,1H3,(H2,25,30,31)(H,26,27,28)/t13-,14?,21?,22?/m1/s1. The Kier molecular flexibility index (Phi) is 7.37. The normalized spacial score (nSPS) is 22.9. The van der Waals surface area contributed by atoms with Crippen LogP contribution in [0, 0.1) is 12.8 Å². The maximum Gasteiger partial charge on any atom is 0.333 e. The fourth-order valence-corrected chi connectivity index (χ4v) is 6.57. The van der Waals surface area contributed by atoms with Crippen molar-refractivity contribution in [2.75, 3.05) is 18.5 Å². The Morgan fingerprint density at radius 1 is 1.36 bits per heavy atom. The molecule has 36 heavy (non-hydrogen) atoms. The number of thiophene rings is 1. The fraction of sp³-hybridized carbons (Fsp3) is 0.478. The Morgan fingerprint density at radius 3 is 3.00 bits per heavy atom. The summed E-state index contributed by atoms with van der Waals surface area (Å²) in [6, 6.07) is 3.81. The molecule has 1 aliphatic carbocycles. The number of aliphatic hydroxyl groups excluding tert-OH is 1. The van der Waals surface area contributed by atoms with Gasteiger partial charge in [0.1, 0.15) is 30.1 Å². The van der Waals surface area contributed by atoms with E-state index in [4.69, 9.17) is 30.1 Å². The van der Waals surface area contributed by atoms with Crippen LogP contribution in [0.2, 0.25) is 5.22 Å². The molecule has 1 aliphatic heterocycles. The maximum absolute atomic E-state index is 11.3. The molecule has 194 valence electrons. The van der Waals surface area contributed by atoms with Crippen molar-refractivity contribution in [2.24, 2.45) is 11.1 Å². The minimum Gasteiger partial charge on any atom is -0.449 e. The zero-order valence-electron chi connectivity index (χ0n) is 19.5. The highest BCUT2D eigenvalue weighted by atomic mass is 35.5. The van der Waals surface area contributed by atoms with Crippen LogP contribution in [0.4, 0.5) is 5.82 Å². The highest BCUT2D eigenvalue weighted by Crippen LogP contribution is 2.42. The van der Waals surface area contributed by atoms with Crippen molar-refractivity contribution < 1.29 is 26.9 Å². The fourth-order valence-electron chi connectivity index (χ4n) is 4.91. The average Bonchev–Trinajstić information content (AvgIpc) is 3.54. The molecule has 3 aromatic heterocycles. The number of nitrogens with zero attached hydrogens (tertiary/aromatic N) is 2. The van der Waals surface area contributed by atoms with Gasteiger partial charge in [-0.05, 0) is 55.3 Å². The van der Waals surface area contributed by atoms with Crippen molar-refractivity contribution in [1.29, 1.82) is 0 Å². The predicted molar refractivity (Wildman–Crippen MR) is 134 cm³/mol. The molecule has 4 N–H and O–H groups in total. The lowest BCUT2D eigenvalue weighted by Gasteiger charge is -2.22. The molecule has 2 aliphatic rings. The molecule has 0 amide bonds. The van der Waals surface area contributed by atoms with Crippen LogP contribution < -0.4 is 10.5 Å². The van der Waals surface area contributed by atoms with Gasteiger partial charge in [0.25, 0.3) is 0 Å². The first-order chi connectivity index (χ1) is 17.2. The van der Waals surface area contributed by atoms with E-state index < -0.39 is 16.4 Å². The van der Waals surface area contributed by atoms with E-state index in [0.29, 0.717) is 36.0 Å². The smallest absolute Gasteiger partial charge is 0.333 e. The van der Waals surface area contributed by atoms with E-state index in [0.717, 1.165) is 39.5 Å². The number of furan rings is 1. The van der Waals surface area contributed by atoms with E-state index in [1.54, 1.807) is 12.3 Å². The lowest BCUT2D eigenvalue weighted by molar-refractivity contribution is 0.0643. The molecular weight excluding hydrogens is 528 g/mol. The largest absolute Gasteiger partial charge is 0.449 e. The molecule has 13 heteroatoms. The highest BCUT2D eigenvalue weighted by Gasteiger charge is 2.31. The Hall–Kier alpha value is -2.06. The number of anilines is 1. The molecule has 3 aromatic rings. The van der Waals surface area contributed by atoms with Crippen LogP contribution in [-0.2, 0) is 25.6 Å². The zero-order valence-corrected chi connectivity index (χ0v) is 21.9. The molecular formula is C23H27ClN4O6S2. The molecule has 0 bridgehead atoms. The molecule has 0 aromatic carbocycles. The van der Waals surface area contributed by atoms with Crippen molar-refractivity contribution in [2.45, 2.75) is 50.9 Å². The van der Waals surface area contributed by atoms with E-state index >= 15 is 0 Å². The number of ether oxygens (including phenoxy) is 1. The number of hydrogen-bond donors (Lipinski definition) is 3. The van der Waals surface area contributed by atoms with Gasteiger partial charge in [-0.2, -0.15) is 8.42 Å². The third-order valence-electron chi connectivity index (χ3n) is 6.62. The first kappa shape index (κ1) is 25.6. The van der Waals surface area contributed by atoms with Gasteiger partial charge in [0.05, 0.1) is 13.2 Å². The van der Waals surface area contributed by atoms with E-state index in [2.05, 4.69) is 15.3 Å². The van der Waals surface area contributed by atoms with Crippen molar-refractivity contribution in [3.05, 3.63) is 62.1 Å². The maximum atomic E-state index is 11.3. The number of halogens is 1. The molecule has 3 unspecified atom stereocenters. The Balaban J connectivity index is 1.32. The highest BCUT2D eigenvalue weighted by molar-refractivity contribution is 7.84. The van der Waals surface area contributed by atoms with Gasteiger partial charge < -0.3 is 19.6 Å². The number of aliphatic hydroxyl groups is 1. The van der Waals surface area contributed by atoms with E-state index in [9.17, 15) is 13.5 Å².